The second-order valence-electron chi connectivity index (χ2n) is 11.6. The van der Waals surface area contributed by atoms with Gasteiger partial charge in [0.15, 0.2) is 11.4 Å². The van der Waals surface area contributed by atoms with Crippen molar-refractivity contribution < 1.29 is 41.4 Å². The van der Waals surface area contributed by atoms with Gasteiger partial charge in [0.25, 0.3) is 0 Å². The largest absolute Gasteiger partial charge is 0.451 e. The van der Waals surface area contributed by atoms with Crippen LogP contribution in [0, 0.1) is 5.82 Å². The molecule has 0 radical (unpaired) electrons. The lowest BCUT2D eigenvalue weighted by atomic mass is 9.75. The quantitative estimate of drug-likeness (QED) is 0.209. The van der Waals surface area contributed by atoms with Gasteiger partial charge in [-0.2, -0.15) is 13.2 Å². The number of likely N-dealkylation sites (tertiary alicyclic amines) is 1. The van der Waals surface area contributed by atoms with E-state index in [1.54, 1.807) is 39.0 Å². The molecule has 13 heteroatoms. The molecule has 1 spiro atoms. The first-order chi connectivity index (χ1) is 18.5. The molecular weight excluding hydrogens is 597 g/mol. The Labute approximate surface area is 241 Å². The molecule has 3 saturated heterocycles. The number of esters is 1. The first kappa shape index (κ1) is 27.9. The predicted octanol–water partition coefficient (Wildman–Crippen LogP) is 6.82. The highest BCUT2D eigenvalue weighted by Gasteiger charge is 2.75. The maximum absolute atomic E-state index is 14.8. The van der Waals surface area contributed by atoms with E-state index in [9.17, 15) is 27.2 Å². The van der Waals surface area contributed by atoms with Gasteiger partial charge in [-0.15, -0.1) is 11.8 Å². The molecular formula is C27H23Cl2F4NO5S. The third kappa shape index (κ3) is 3.94. The number of amides is 1. The summed E-state index contributed by atoms with van der Waals surface area (Å²) in [6, 6.07) is 6.91. The fourth-order valence-electron chi connectivity index (χ4n) is 5.91. The van der Waals surface area contributed by atoms with E-state index in [-0.39, 0.29) is 25.3 Å². The van der Waals surface area contributed by atoms with Crippen molar-refractivity contribution in [3.05, 3.63) is 68.4 Å². The maximum Gasteiger partial charge on any atom is 0.410 e. The molecule has 1 amide bonds. The highest BCUT2D eigenvalue weighted by molar-refractivity contribution is 8.02. The summed E-state index contributed by atoms with van der Waals surface area (Å²) in [4.78, 5) is 26.5. The Kier molecular flexibility index (Phi) is 6.04. The molecule has 0 bridgehead atoms. The Morgan fingerprint density at radius 2 is 1.75 bits per heavy atom. The van der Waals surface area contributed by atoms with Crippen LogP contribution in [0.4, 0.5) is 22.4 Å². The molecule has 214 valence electrons. The van der Waals surface area contributed by atoms with E-state index >= 15 is 0 Å². The molecule has 0 N–H and O–H groups in total. The highest BCUT2D eigenvalue weighted by atomic mass is 35.5. The monoisotopic (exact) mass is 619 g/mol. The van der Waals surface area contributed by atoms with Gasteiger partial charge in [-0.05, 0) is 61.2 Å². The highest BCUT2D eigenvalue weighted by Crippen LogP contribution is 2.70. The first-order valence-electron chi connectivity index (χ1n) is 12.4. The Balaban J connectivity index is 1.32. The Bertz CT molecular complexity index is 1430. The lowest BCUT2D eigenvalue weighted by molar-refractivity contribution is -0.204. The van der Waals surface area contributed by atoms with Gasteiger partial charge in [0.05, 0.1) is 29.7 Å². The SMILES string of the molecule is CC(C)(C)OC(=O)N1CC2(C1)OCc1cc(C34CC(c5cc(Cl)c(F)c(Cl)c5)(C(F)(F)F)SC3C(=O)O4)ccc12. The zero-order valence-electron chi connectivity index (χ0n) is 21.5. The number of ether oxygens (including phenoxy) is 3. The van der Waals surface area contributed by atoms with Crippen molar-refractivity contribution in [2.24, 2.45) is 0 Å². The van der Waals surface area contributed by atoms with Crippen LogP contribution in [0.25, 0.3) is 0 Å². The van der Waals surface area contributed by atoms with E-state index in [1.807, 2.05) is 0 Å². The number of thioether (sulfide) groups is 1. The van der Waals surface area contributed by atoms with Gasteiger partial charge < -0.3 is 19.1 Å². The topological polar surface area (TPSA) is 65.1 Å². The average Bonchev–Trinajstić information content (AvgIpc) is 3.34. The third-order valence-corrected chi connectivity index (χ3v) is 10.2. The van der Waals surface area contributed by atoms with Crippen LogP contribution in [0.5, 0.6) is 0 Å². The van der Waals surface area contributed by atoms with Gasteiger partial charge in [0, 0.05) is 6.42 Å². The van der Waals surface area contributed by atoms with Gasteiger partial charge in [-0.3, -0.25) is 4.79 Å². The standard InChI is InChI=1S/C27H23Cl2F4NO5S/c1-23(2,3)39-22(36)34-11-24(12-34)16-5-4-14(6-13(16)9-37-24)25-10-26(27(31,32)33,40-20(25)21(35)38-25)15-7-17(28)19(30)18(29)8-15/h4-8,20H,9-12H2,1-3H3. The minimum atomic E-state index is -4.85. The van der Waals surface area contributed by atoms with Crippen LogP contribution in [0.1, 0.15) is 49.4 Å². The van der Waals surface area contributed by atoms with Crippen molar-refractivity contribution in [3.8, 4) is 0 Å². The molecule has 4 heterocycles. The number of carbonyl (C=O) groups is 2. The molecule has 4 aliphatic rings. The molecule has 4 aliphatic heterocycles. The van der Waals surface area contributed by atoms with Crippen LogP contribution >= 0.6 is 35.0 Å². The number of hydrogen-bond donors (Lipinski definition) is 0. The van der Waals surface area contributed by atoms with Gasteiger partial charge in [0.2, 0.25) is 0 Å². The molecule has 0 saturated carbocycles. The Morgan fingerprint density at radius 1 is 1.10 bits per heavy atom. The second-order valence-corrected chi connectivity index (χ2v) is 13.8. The van der Waals surface area contributed by atoms with Crippen molar-refractivity contribution in [1.29, 1.82) is 0 Å². The summed E-state index contributed by atoms with van der Waals surface area (Å²) >= 11 is 12.2. The van der Waals surface area contributed by atoms with Crippen LogP contribution in [-0.2, 0) is 41.6 Å². The number of rotatable bonds is 2. The number of nitrogens with zero attached hydrogens (tertiary/aromatic N) is 1. The third-order valence-electron chi connectivity index (χ3n) is 7.79. The molecule has 3 atom stereocenters. The summed E-state index contributed by atoms with van der Waals surface area (Å²) in [7, 11) is 0. The normalized spacial score (nSPS) is 28.5. The molecule has 3 unspecified atom stereocenters. The van der Waals surface area contributed by atoms with Crippen LogP contribution < -0.4 is 0 Å². The smallest absolute Gasteiger partial charge is 0.410 e. The summed E-state index contributed by atoms with van der Waals surface area (Å²) in [5.41, 5.74) is -1.35. The van der Waals surface area contributed by atoms with Crippen LogP contribution in [0.15, 0.2) is 30.3 Å². The molecule has 6 rings (SSSR count). The number of carbonyl (C=O) groups excluding carboxylic acids is 2. The molecule has 40 heavy (non-hydrogen) atoms. The van der Waals surface area contributed by atoms with Gasteiger partial charge >= 0.3 is 18.2 Å². The van der Waals surface area contributed by atoms with Crippen LogP contribution in [0.2, 0.25) is 10.0 Å². The summed E-state index contributed by atoms with van der Waals surface area (Å²) in [6.07, 6.45) is -5.95. The van der Waals surface area contributed by atoms with E-state index in [0.29, 0.717) is 17.3 Å². The van der Waals surface area contributed by atoms with Crippen LogP contribution in [-0.4, -0.2) is 47.1 Å². The average molecular weight is 620 g/mol. The Hall–Kier alpha value is -2.21. The fraction of sp³-hybridized carbons (Fsp3) is 0.481. The molecule has 2 aromatic carbocycles. The lowest BCUT2D eigenvalue weighted by Crippen LogP contribution is -2.61. The number of fused-ring (bicyclic) bond motifs is 3. The number of halogens is 6. The van der Waals surface area contributed by atoms with E-state index < -0.39 is 67.3 Å². The molecule has 6 nitrogen and oxygen atoms in total. The van der Waals surface area contributed by atoms with Gasteiger partial charge in [-0.1, -0.05) is 35.3 Å². The van der Waals surface area contributed by atoms with E-state index in [2.05, 4.69) is 0 Å². The van der Waals surface area contributed by atoms with Crippen molar-refractivity contribution >= 4 is 47.0 Å². The lowest BCUT2D eigenvalue weighted by Gasteiger charge is -2.47. The van der Waals surface area contributed by atoms with E-state index in [0.717, 1.165) is 23.3 Å². The zero-order valence-corrected chi connectivity index (χ0v) is 23.8. The minimum Gasteiger partial charge on any atom is -0.451 e. The van der Waals surface area contributed by atoms with Crippen molar-refractivity contribution in [3.63, 3.8) is 0 Å². The van der Waals surface area contributed by atoms with Gasteiger partial charge in [-0.25, -0.2) is 9.18 Å². The Morgan fingerprint density at radius 3 is 2.33 bits per heavy atom. The zero-order chi connectivity index (χ0) is 29.0. The summed E-state index contributed by atoms with van der Waals surface area (Å²) in [5, 5.41) is -2.25. The summed E-state index contributed by atoms with van der Waals surface area (Å²) in [6.45, 7) is 6.05. The second kappa shape index (κ2) is 8.65. The molecule has 3 fully saturated rings. The van der Waals surface area contributed by atoms with E-state index in [4.69, 9.17) is 37.4 Å². The number of alkyl halides is 3. The first-order valence-corrected chi connectivity index (χ1v) is 14.0. The molecule has 0 aliphatic carbocycles. The fourth-order valence-corrected chi connectivity index (χ4v) is 8.08. The summed E-state index contributed by atoms with van der Waals surface area (Å²) in [5.74, 6) is -1.79. The minimum absolute atomic E-state index is 0.181. The molecule has 0 aromatic heterocycles. The molecule has 2 aromatic rings. The van der Waals surface area contributed by atoms with Crippen LogP contribution in [0.3, 0.4) is 0 Å². The number of hydrogen-bond acceptors (Lipinski definition) is 6. The van der Waals surface area contributed by atoms with Crippen molar-refractivity contribution in [2.75, 3.05) is 13.1 Å². The van der Waals surface area contributed by atoms with Crippen molar-refractivity contribution in [2.45, 2.75) is 66.8 Å². The van der Waals surface area contributed by atoms with E-state index in [1.165, 1.54) is 4.90 Å². The predicted molar refractivity (Wildman–Crippen MR) is 139 cm³/mol. The number of benzene rings is 2. The van der Waals surface area contributed by atoms with Gasteiger partial charge in [0.1, 0.15) is 21.2 Å². The van der Waals surface area contributed by atoms with Crippen molar-refractivity contribution in [1.82, 2.24) is 4.90 Å². The summed E-state index contributed by atoms with van der Waals surface area (Å²) < 4.78 is 72.9. The maximum atomic E-state index is 14.8.